The molecule has 1 aliphatic heterocycles. The monoisotopic (exact) mass is 222 g/mol. The molecule has 2 heterocycles. The van der Waals surface area contributed by atoms with Gasteiger partial charge in [0.1, 0.15) is 0 Å². The van der Waals surface area contributed by atoms with E-state index in [0.717, 1.165) is 12.8 Å². The molecular weight excluding hydrogens is 208 g/mol. The maximum atomic E-state index is 11.5. The SMILES string of the molecule is O=C(Nc1ncccn1)NC1CCOCC1. The standard InChI is InChI=1S/C10H14N4O2/c15-10(13-8-2-6-16-7-3-8)14-9-11-4-1-5-12-9/h1,4-5,8H,2-3,6-7H2,(H2,11,12,13,14,15). The zero-order chi connectivity index (χ0) is 11.2. The van der Waals surface area contributed by atoms with Crippen molar-refractivity contribution in [1.82, 2.24) is 15.3 Å². The Morgan fingerprint density at radius 1 is 1.31 bits per heavy atom. The third kappa shape index (κ3) is 3.16. The van der Waals surface area contributed by atoms with Gasteiger partial charge in [0.25, 0.3) is 0 Å². The summed E-state index contributed by atoms with van der Waals surface area (Å²) in [6.07, 6.45) is 4.86. The molecule has 1 aromatic rings. The minimum absolute atomic E-state index is 0.178. The number of carbonyl (C=O) groups excluding carboxylic acids is 1. The Hall–Kier alpha value is -1.69. The van der Waals surface area contributed by atoms with Crippen molar-refractivity contribution in [3.8, 4) is 0 Å². The molecule has 6 nitrogen and oxygen atoms in total. The Balaban J connectivity index is 1.80. The Morgan fingerprint density at radius 3 is 2.69 bits per heavy atom. The molecule has 0 unspecified atom stereocenters. The quantitative estimate of drug-likeness (QED) is 0.775. The van der Waals surface area contributed by atoms with Gasteiger partial charge in [0.15, 0.2) is 0 Å². The molecule has 0 saturated carbocycles. The number of aromatic nitrogens is 2. The van der Waals surface area contributed by atoms with Crippen LogP contribution in [0, 0.1) is 0 Å². The number of ether oxygens (including phenoxy) is 1. The third-order valence-electron chi connectivity index (χ3n) is 2.35. The summed E-state index contributed by atoms with van der Waals surface area (Å²) in [5.74, 6) is 0.312. The van der Waals surface area contributed by atoms with Crippen molar-refractivity contribution >= 4 is 12.0 Å². The molecule has 0 bridgehead atoms. The van der Waals surface area contributed by atoms with Crippen LogP contribution in [0.25, 0.3) is 0 Å². The van der Waals surface area contributed by atoms with Crippen LogP contribution in [0.1, 0.15) is 12.8 Å². The lowest BCUT2D eigenvalue weighted by atomic mass is 10.1. The molecule has 0 aromatic carbocycles. The van der Waals surface area contributed by atoms with Gasteiger partial charge in [0.05, 0.1) is 0 Å². The van der Waals surface area contributed by atoms with Gasteiger partial charge in [-0.1, -0.05) is 0 Å². The van der Waals surface area contributed by atoms with Crippen LogP contribution in [0.15, 0.2) is 18.5 Å². The number of rotatable bonds is 2. The van der Waals surface area contributed by atoms with Crippen LogP contribution in [0.3, 0.4) is 0 Å². The summed E-state index contributed by atoms with van der Waals surface area (Å²) in [6.45, 7) is 1.40. The molecule has 1 saturated heterocycles. The van der Waals surface area contributed by atoms with Crippen LogP contribution in [0.5, 0.6) is 0 Å². The summed E-state index contributed by atoms with van der Waals surface area (Å²) in [7, 11) is 0. The van der Waals surface area contributed by atoms with Gasteiger partial charge in [-0.3, -0.25) is 5.32 Å². The number of nitrogens with one attached hydrogen (secondary N) is 2. The van der Waals surface area contributed by atoms with Crippen molar-refractivity contribution in [2.45, 2.75) is 18.9 Å². The van der Waals surface area contributed by atoms with Crippen molar-refractivity contribution in [2.75, 3.05) is 18.5 Å². The van der Waals surface area contributed by atoms with Crippen molar-refractivity contribution in [1.29, 1.82) is 0 Å². The first kappa shape index (κ1) is 10.8. The normalized spacial score (nSPS) is 16.8. The highest BCUT2D eigenvalue weighted by molar-refractivity contribution is 5.87. The van der Waals surface area contributed by atoms with E-state index in [0.29, 0.717) is 19.2 Å². The van der Waals surface area contributed by atoms with Crippen molar-refractivity contribution in [3.05, 3.63) is 18.5 Å². The lowest BCUT2D eigenvalue weighted by Gasteiger charge is -2.22. The van der Waals surface area contributed by atoms with Crippen LogP contribution in [0.2, 0.25) is 0 Å². The number of amides is 2. The van der Waals surface area contributed by atoms with Gasteiger partial charge in [-0.2, -0.15) is 0 Å². The fourth-order valence-electron chi connectivity index (χ4n) is 1.53. The zero-order valence-corrected chi connectivity index (χ0v) is 8.85. The van der Waals surface area contributed by atoms with E-state index < -0.39 is 0 Å². The predicted octanol–water partition coefficient (Wildman–Crippen LogP) is 0.777. The molecule has 16 heavy (non-hydrogen) atoms. The molecule has 2 N–H and O–H groups in total. The van der Waals surface area contributed by atoms with Gasteiger partial charge in [-0.25, -0.2) is 14.8 Å². The molecule has 1 aliphatic rings. The summed E-state index contributed by atoms with van der Waals surface area (Å²) < 4.78 is 5.20. The van der Waals surface area contributed by atoms with E-state index in [4.69, 9.17) is 4.74 Å². The first-order chi connectivity index (χ1) is 7.84. The Morgan fingerprint density at radius 2 is 2.00 bits per heavy atom. The maximum Gasteiger partial charge on any atom is 0.321 e. The number of urea groups is 1. The maximum absolute atomic E-state index is 11.5. The lowest BCUT2D eigenvalue weighted by Crippen LogP contribution is -2.41. The number of hydrogen-bond donors (Lipinski definition) is 2. The second-order valence-electron chi connectivity index (χ2n) is 3.56. The number of hydrogen-bond acceptors (Lipinski definition) is 4. The molecule has 0 spiro atoms. The Labute approximate surface area is 93.4 Å². The van der Waals surface area contributed by atoms with E-state index >= 15 is 0 Å². The van der Waals surface area contributed by atoms with Crippen LogP contribution in [0.4, 0.5) is 10.7 Å². The number of nitrogens with zero attached hydrogens (tertiary/aromatic N) is 2. The second-order valence-corrected chi connectivity index (χ2v) is 3.56. The van der Waals surface area contributed by atoms with Crippen LogP contribution >= 0.6 is 0 Å². The number of anilines is 1. The van der Waals surface area contributed by atoms with Gasteiger partial charge in [0.2, 0.25) is 5.95 Å². The van der Waals surface area contributed by atoms with E-state index in [2.05, 4.69) is 20.6 Å². The topological polar surface area (TPSA) is 76.1 Å². The largest absolute Gasteiger partial charge is 0.381 e. The van der Waals surface area contributed by atoms with Crippen molar-refractivity contribution in [3.63, 3.8) is 0 Å². The van der Waals surface area contributed by atoms with Crippen LogP contribution < -0.4 is 10.6 Å². The molecule has 0 atom stereocenters. The minimum atomic E-state index is -0.266. The van der Waals surface area contributed by atoms with Gasteiger partial charge >= 0.3 is 6.03 Å². The number of carbonyl (C=O) groups is 1. The molecule has 2 rings (SSSR count). The molecule has 1 aromatic heterocycles. The zero-order valence-electron chi connectivity index (χ0n) is 8.85. The minimum Gasteiger partial charge on any atom is -0.381 e. The van der Waals surface area contributed by atoms with E-state index in [1.54, 1.807) is 18.5 Å². The Bertz CT molecular complexity index is 338. The summed E-state index contributed by atoms with van der Waals surface area (Å²) >= 11 is 0. The molecule has 1 fully saturated rings. The van der Waals surface area contributed by atoms with Gasteiger partial charge < -0.3 is 10.1 Å². The highest BCUT2D eigenvalue weighted by Gasteiger charge is 2.16. The summed E-state index contributed by atoms with van der Waals surface area (Å²) in [4.78, 5) is 19.3. The van der Waals surface area contributed by atoms with Gasteiger partial charge in [-0.15, -0.1) is 0 Å². The summed E-state index contributed by atoms with van der Waals surface area (Å²) in [5, 5.41) is 5.43. The third-order valence-corrected chi connectivity index (χ3v) is 2.35. The fraction of sp³-hybridized carbons (Fsp3) is 0.500. The Kier molecular flexibility index (Phi) is 3.66. The molecule has 86 valence electrons. The van der Waals surface area contributed by atoms with Crippen molar-refractivity contribution < 1.29 is 9.53 Å². The van der Waals surface area contributed by atoms with E-state index in [-0.39, 0.29) is 12.1 Å². The van der Waals surface area contributed by atoms with Gasteiger partial charge in [0, 0.05) is 31.6 Å². The van der Waals surface area contributed by atoms with Gasteiger partial charge in [-0.05, 0) is 18.9 Å². The molecular formula is C10H14N4O2. The average molecular weight is 222 g/mol. The smallest absolute Gasteiger partial charge is 0.321 e. The first-order valence-electron chi connectivity index (χ1n) is 5.27. The van der Waals surface area contributed by atoms with E-state index in [1.807, 2.05) is 0 Å². The molecule has 6 heteroatoms. The van der Waals surface area contributed by atoms with E-state index in [1.165, 1.54) is 0 Å². The van der Waals surface area contributed by atoms with Crippen LogP contribution in [-0.2, 0) is 4.74 Å². The molecule has 2 amide bonds. The first-order valence-corrected chi connectivity index (χ1v) is 5.27. The predicted molar refractivity (Wildman–Crippen MR) is 58.0 cm³/mol. The van der Waals surface area contributed by atoms with E-state index in [9.17, 15) is 4.79 Å². The fourth-order valence-corrected chi connectivity index (χ4v) is 1.53. The summed E-state index contributed by atoms with van der Waals surface area (Å²) in [6, 6.07) is 1.61. The highest BCUT2D eigenvalue weighted by Crippen LogP contribution is 2.06. The molecule has 0 radical (unpaired) electrons. The average Bonchev–Trinajstić information content (AvgIpc) is 2.31. The van der Waals surface area contributed by atoms with Crippen molar-refractivity contribution in [2.24, 2.45) is 0 Å². The lowest BCUT2D eigenvalue weighted by molar-refractivity contribution is 0.0806. The summed E-state index contributed by atoms with van der Waals surface area (Å²) in [5.41, 5.74) is 0. The second kappa shape index (κ2) is 5.41. The highest BCUT2D eigenvalue weighted by atomic mass is 16.5. The molecule has 0 aliphatic carbocycles. The van der Waals surface area contributed by atoms with Crippen LogP contribution in [-0.4, -0.2) is 35.3 Å².